The third kappa shape index (κ3) is 5.33. The molecule has 1 aliphatic carbocycles. The van der Waals surface area contributed by atoms with Gasteiger partial charge in [-0.25, -0.2) is 14.3 Å². The number of likely N-dealkylation sites (tertiary alicyclic amines) is 1. The van der Waals surface area contributed by atoms with Gasteiger partial charge in [-0.2, -0.15) is 18.3 Å². The second-order valence-electron chi connectivity index (χ2n) is 11.1. The Bertz CT molecular complexity index is 1040. The van der Waals surface area contributed by atoms with Gasteiger partial charge in [-0.05, 0) is 71.8 Å². The molecule has 2 atom stereocenters. The van der Waals surface area contributed by atoms with Crippen LogP contribution in [0.25, 0.3) is 5.65 Å². The molecule has 1 amide bonds. The van der Waals surface area contributed by atoms with Gasteiger partial charge in [0, 0.05) is 36.7 Å². The van der Waals surface area contributed by atoms with Gasteiger partial charge in [0.25, 0.3) is 0 Å². The first-order valence-corrected chi connectivity index (χ1v) is 12.2. The van der Waals surface area contributed by atoms with E-state index in [0.29, 0.717) is 37.5 Å². The van der Waals surface area contributed by atoms with E-state index in [2.05, 4.69) is 11.9 Å². The minimum atomic E-state index is -4.12. The fraction of sp³-hybridized carbons (Fsp3) is 0.720. The minimum absolute atomic E-state index is 0.00972. The number of nitrogens with zero attached hydrogens (tertiary/aromatic N) is 4. The first kappa shape index (κ1) is 24.8. The van der Waals surface area contributed by atoms with E-state index in [1.165, 1.54) is 0 Å². The maximum absolute atomic E-state index is 13.1. The van der Waals surface area contributed by atoms with Crippen molar-refractivity contribution in [2.45, 2.75) is 90.3 Å². The largest absolute Gasteiger partial charge is 0.444 e. The van der Waals surface area contributed by atoms with Gasteiger partial charge in [0.05, 0.1) is 17.3 Å². The third-order valence-corrected chi connectivity index (χ3v) is 7.20. The van der Waals surface area contributed by atoms with Gasteiger partial charge < -0.3 is 9.64 Å². The number of fused-ring (bicyclic) bond motifs is 1. The zero-order chi connectivity index (χ0) is 24.8. The van der Waals surface area contributed by atoms with Gasteiger partial charge in [0.1, 0.15) is 5.60 Å². The molecule has 6 nitrogen and oxygen atoms in total. The molecule has 0 bridgehead atoms. The quantitative estimate of drug-likeness (QED) is 0.511. The van der Waals surface area contributed by atoms with Crippen LogP contribution in [0.15, 0.2) is 12.1 Å². The number of rotatable bonds is 2. The standard InChI is InChI=1S/C25H35F3N4O2/c1-15-10-11-31(23(33)34-24(3,4)5)14-19(15)21-12-16(2)29-22-13-20(30-32(21)22)17-6-8-18(9-7-17)25(26,27)28/h12-13,15,17-19H,6-11,14H2,1-5H3/t15-,17?,18?,19+/m0/s1. The molecule has 9 heteroatoms. The van der Waals surface area contributed by atoms with Crippen LogP contribution in [0.2, 0.25) is 0 Å². The van der Waals surface area contributed by atoms with Crippen LogP contribution in [0.5, 0.6) is 0 Å². The summed E-state index contributed by atoms with van der Waals surface area (Å²) in [5, 5.41) is 4.84. The number of amides is 1. The van der Waals surface area contributed by atoms with Gasteiger partial charge in [0.2, 0.25) is 0 Å². The van der Waals surface area contributed by atoms with Crippen molar-refractivity contribution in [3.05, 3.63) is 29.2 Å². The Morgan fingerprint density at radius 1 is 1.09 bits per heavy atom. The van der Waals surface area contributed by atoms with Gasteiger partial charge in [0.15, 0.2) is 5.65 Å². The lowest BCUT2D eigenvalue weighted by Gasteiger charge is -2.38. The van der Waals surface area contributed by atoms with E-state index in [-0.39, 0.29) is 30.8 Å². The van der Waals surface area contributed by atoms with Crippen molar-refractivity contribution in [3.63, 3.8) is 0 Å². The number of halogens is 3. The molecule has 0 spiro atoms. The van der Waals surface area contributed by atoms with E-state index in [0.717, 1.165) is 23.5 Å². The first-order valence-electron chi connectivity index (χ1n) is 12.2. The molecule has 2 fully saturated rings. The number of aryl methyl sites for hydroxylation is 1. The zero-order valence-corrected chi connectivity index (χ0v) is 20.7. The number of piperidine rings is 1. The van der Waals surface area contributed by atoms with Crippen molar-refractivity contribution >= 4 is 11.7 Å². The number of hydrogen-bond acceptors (Lipinski definition) is 4. The SMILES string of the molecule is Cc1cc([C@@H]2CN(C(=O)OC(C)(C)C)CC[C@@H]2C)n2nc(C3CCC(C(F)(F)F)CC3)cc2n1. The highest BCUT2D eigenvalue weighted by Gasteiger charge is 2.42. The lowest BCUT2D eigenvalue weighted by molar-refractivity contribution is -0.182. The number of alkyl halides is 3. The molecule has 2 aromatic heterocycles. The zero-order valence-electron chi connectivity index (χ0n) is 20.7. The second-order valence-corrected chi connectivity index (χ2v) is 11.1. The molecule has 4 rings (SSSR count). The number of hydrogen-bond donors (Lipinski definition) is 0. The monoisotopic (exact) mass is 480 g/mol. The lowest BCUT2D eigenvalue weighted by Crippen LogP contribution is -2.45. The molecule has 3 heterocycles. The van der Waals surface area contributed by atoms with Gasteiger partial charge in [-0.1, -0.05) is 6.92 Å². The summed E-state index contributed by atoms with van der Waals surface area (Å²) >= 11 is 0. The van der Waals surface area contributed by atoms with E-state index in [9.17, 15) is 18.0 Å². The Morgan fingerprint density at radius 3 is 2.38 bits per heavy atom. The molecule has 2 aromatic rings. The lowest BCUT2D eigenvalue weighted by atomic mass is 9.80. The Balaban J connectivity index is 1.59. The van der Waals surface area contributed by atoms with Crippen molar-refractivity contribution < 1.29 is 22.7 Å². The Labute approximate surface area is 198 Å². The molecule has 1 saturated heterocycles. The number of aromatic nitrogens is 3. The summed E-state index contributed by atoms with van der Waals surface area (Å²) in [7, 11) is 0. The van der Waals surface area contributed by atoms with E-state index < -0.39 is 17.7 Å². The summed E-state index contributed by atoms with van der Waals surface area (Å²) in [6.45, 7) is 10.9. The second kappa shape index (κ2) is 9.04. The summed E-state index contributed by atoms with van der Waals surface area (Å²) in [6, 6.07) is 3.94. The predicted octanol–water partition coefficient (Wildman–Crippen LogP) is 6.23. The molecular weight excluding hydrogens is 445 g/mol. The fourth-order valence-electron chi connectivity index (χ4n) is 5.27. The van der Waals surface area contributed by atoms with Crippen molar-refractivity contribution in [1.29, 1.82) is 0 Å². The summed E-state index contributed by atoms with van der Waals surface area (Å²) < 4.78 is 46.7. The third-order valence-electron chi connectivity index (χ3n) is 7.20. The van der Waals surface area contributed by atoms with Crippen LogP contribution in [0.4, 0.5) is 18.0 Å². The van der Waals surface area contributed by atoms with Crippen LogP contribution in [0, 0.1) is 18.8 Å². The summed E-state index contributed by atoms with van der Waals surface area (Å²) in [5.74, 6) is -0.813. The Kier molecular flexibility index (Phi) is 6.59. The molecular formula is C25H35F3N4O2. The van der Waals surface area contributed by atoms with Crippen molar-refractivity contribution in [2.75, 3.05) is 13.1 Å². The topological polar surface area (TPSA) is 59.7 Å². The molecule has 0 unspecified atom stereocenters. The number of carbonyl (C=O) groups excluding carboxylic acids is 1. The van der Waals surface area contributed by atoms with Crippen molar-refractivity contribution in [1.82, 2.24) is 19.5 Å². The normalized spacial score (nSPS) is 26.6. The highest BCUT2D eigenvalue weighted by molar-refractivity contribution is 5.68. The number of ether oxygens (including phenoxy) is 1. The van der Waals surface area contributed by atoms with Gasteiger partial charge >= 0.3 is 12.3 Å². The molecule has 188 valence electrons. The van der Waals surface area contributed by atoms with Crippen LogP contribution < -0.4 is 0 Å². The van der Waals surface area contributed by atoms with E-state index in [1.807, 2.05) is 44.3 Å². The van der Waals surface area contributed by atoms with Crippen LogP contribution in [-0.2, 0) is 4.74 Å². The molecule has 34 heavy (non-hydrogen) atoms. The van der Waals surface area contributed by atoms with Crippen LogP contribution in [-0.4, -0.2) is 50.5 Å². The average molecular weight is 481 g/mol. The fourth-order valence-corrected chi connectivity index (χ4v) is 5.27. The maximum Gasteiger partial charge on any atom is 0.410 e. The molecule has 1 aliphatic heterocycles. The highest BCUT2D eigenvalue weighted by Crippen LogP contribution is 2.43. The van der Waals surface area contributed by atoms with Gasteiger partial charge in [-0.15, -0.1) is 0 Å². The van der Waals surface area contributed by atoms with Crippen LogP contribution in [0.3, 0.4) is 0 Å². The predicted molar refractivity (Wildman–Crippen MR) is 123 cm³/mol. The smallest absolute Gasteiger partial charge is 0.410 e. The molecule has 1 saturated carbocycles. The summed E-state index contributed by atoms with van der Waals surface area (Å²) in [5.41, 5.74) is 2.81. The number of carbonyl (C=O) groups is 1. The average Bonchev–Trinajstić information content (AvgIpc) is 3.15. The van der Waals surface area contributed by atoms with E-state index >= 15 is 0 Å². The maximum atomic E-state index is 13.1. The van der Waals surface area contributed by atoms with Crippen molar-refractivity contribution in [3.8, 4) is 0 Å². The first-order chi connectivity index (χ1) is 15.8. The van der Waals surface area contributed by atoms with Gasteiger partial charge in [-0.3, -0.25) is 0 Å². The van der Waals surface area contributed by atoms with Crippen molar-refractivity contribution in [2.24, 2.45) is 11.8 Å². The Hall–Kier alpha value is -2.32. The van der Waals surface area contributed by atoms with Crippen LogP contribution in [0.1, 0.15) is 88.7 Å². The molecule has 0 radical (unpaired) electrons. The molecule has 0 N–H and O–H groups in total. The molecule has 2 aliphatic rings. The van der Waals surface area contributed by atoms with Crippen LogP contribution >= 0.6 is 0 Å². The summed E-state index contributed by atoms with van der Waals surface area (Å²) in [6.07, 6.45) is -2.33. The Morgan fingerprint density at radius 2 is 1.76 bits per heavy atom. The summed E-state index contributed by atoms with van der Waals surface area (Å²) in [4.78, 5) is 19.1. The van der Waals surface area contributed by atoms with E-state index in [1.54, 1.807) is 4.90 Å². The molecule has 0 aromatic carbocycles. The minimum Gasteiger partial charge on any atom is -0.444 e. The van der Waals surface area contributed by atoms with E-state index in [4.69, 9.17) is 9.84 Å². The highest BCUT2D eigenvalue weighted by atomic mass is 19.4.